The molecule has 0 bridgehead atoms. The average Bonchev–Trinajstić information content (AvgIpc) is 3.40. The number of halogens is 4. The molecule has 1 aliphatic heterocycles. The highest BCUT2D eigenvalue weighted by molar-refractivity contribution is 8.00. The molecule has 0 spiro atoms. The van der Waals surface area contributed by atoms with Gasteiger partial charge >= 0.3 is 5.97 Å². The Labute approximate surface area is 239 Å². The topological polar surface area (TPSA) is 111 Å². The van der Waals surface area contributed by atoms with Crippen molar-refractivity contribution in [3.05, 3.63) is 64.7 Å². The van der Waals surface area contributed by atoms with Gasteiger partial charge in [0.25, 0.3) is 5.91 Å². The van der Waals surface area contributed by atoms with Crippen LogP contribution in [-0.4, -0.2) is 59.1 Å². The van der Waals surface area contributed by atoms with Crippen LogP contribution in [0.15, 0.2) is 30.3 Å². The first-order valence-electron chi connectivity index (χ1n) is 13.1. The van der Waals surface area contributed by atoms with Crippen molar-refractivity contribution in [3.63, 3.8) is 0 Å². The fourth-order valence-electron chi connectivity index (χ4n) is 4.20. The summed E-state index contributed by atoms with van der Waals surface area (Å²) in [5.41, 5.74) is 5.99. The number of nitrogens with zero attached hydrogens (tertiary/aromatic N) is 1. The Morgan fingerprint density at radius 3 is 2.39 bits per heavy atom. The van der Waals surface area contributed by atoms with E-state index < -0.39 is 58.6 Å². The maximum Gasteiger partial charge on any atom is 0.347 e. The summed E-state index contributed by atoms with van der Waals surface area (Å²) >= 11 is 1.23. The van der Waals surface area contributed by atoms with Crippen molar-refractivity contribution < 1.29 is 41.4 Å². The SMILES string of the molecule is CCOC(=O)C(Oc1ccc(CNC(=O)C2SCCN2C(=O)C[C@H](N)Cc2cc(F)c(F)cc2F)c(F)c1)C(C)C. The Morgan fingerprint density at radius 1 is 1.05 bits per heavy atom. The number of amides is 2. The lowest BCUT2D eigenvalue weighted by Crippen LogP contribution is -2.46. The molecular weight excluding hydrogens is 566 g/mol. The van der Waals surface area contributed by atoms with Gasteiger partial charge in [-0.15, -0.1) is 11.8 Å². The highest BCUT2D eigenvalue weighted by Crippen LogP contribution is 2.26. The van der Waals surface area contributed by atoms with Crippen LogP contribution in [0.2, 0.25) is 0 Å². The van der Waals surface area contributed by atoms with Crippen LogP contribution in [0.5, 0.6) is 5.75 Å². The Bertz CT molecular complexity index is 1270. The van der Waals surface area contributed by atoms with E-state index in [9.17, 15) is 31.9 Å². The summed E-state index contributed by atoms with van der Waals surface area (Å²) in [7, 11) is 0. The monoisotopic (exact) mass is 599 g/mol. The molecule has 0 aromatic heterocycles. The first-order chi connectivity index (χ1) is 19.4. The number of nitrogens with two attached hydrogens (primary N) is 1. The molecule has 2 aromatic rings. The van der Waals surface area contributed by atoms with Gasteiger partial charge in [-0.3, -0.25) is 9.59 Å². The van der Waals surface area contributed by atoms with Crippen molar-refractivity contribution in [2.24, 2.45) is 11.7 Å². The van der Waals surface area contributed by atoms with E-state index >= 15 is 0 Å². The molecule has 0 radical (unpaired) electrons. The largest absolute Gasteiger partial charge is 0.478 e. The number of nitrogens with one attached hydrogen (secondary N) is 1. The Hall–Kier alpha value is -3.32. The number of benzene rings is 2. The molecule has 3 rings (SSSR count). The summed E-state index contributed by atoms with van der Waals surface area (Å²) in [6.07, 6.45) is -1.36. The van der Waals surface area contributed by atoms with Gasteiger partial charge in [-0.2, -0.15) is 0 Å². The van der Waals surface area contributed by atoms with E-state index in [1.54, 1.807) is 20.8 Å². The van der Waals surface area contributed by atoms with Crippen molar-refractivity contribution in [2.45, 2.75) is 57.7 Å². The van der Waals surface area contributed by atoms with Crippen LogP contribution in [-0.2, 0) is 32.1 Å². The lowest BCUT2D eigenvalue weighted by Gasteiger charge is -2.24. The van der Waals surface area contributed by atoms with E-state index in [2.05, 4.69) is 5.32 Å². The molecular formula is C28H33F4N3O5S. The summed E-state index contributed by atoms with van der Waals surface area (Å²) in [5, 5.41) is 1.75. The quantitative estimate of drug-likeness (QED) is 0.218. The zero-order chi connectivity index (χ0) is 30.3. The standard InChI is InChI=1S/C28H33F4N3O5S/c1-4-39-28(38)25(15(2)3)40-19-6-5-16(20(29)12-19)14-34-26(37)27-35(7-8-41-27)24(36)11-18(33)9-17-10-22(31)23(32)13-21(17)30/h5-6,10,12-13,15,18,25,27H,4,7-9,11,14,33H2,1-3H3,(H,34,37)/t18-,25?,27?/m1/s1. The molecule has 224 valence electrons. The van der Waals surface area contributed by atoms with Gasteiger partial charge < -0.3 is 25.4 Å². The number of carbonyl (C=O) groups is 3. The summed E-state index contributed by atoms with van der Waals surface area (Å²) < 4.78 is 66.0. The van der Waals surface area contributed by atoms with E-state index in [-0.39, 0.29) is 55.3 Å². The normalized spacial score (nSPS) is 16.4. The number of rotatable bonds is 12. The second-order valence-corrected chi connectivity index (χ2v) is 11.0. The van der Waals surface area contributed by atoms with Crippen LogP contribution < -0.4 is 15.8 Å². The Morgan fingerprint density at radius 2 is 1.73 bits per heavy atom. The zero-order valence-corrected chi connectivity index (χ0v) is 23.7. The molecule has 0 aliphatic carbocycles. The minimum Gasteiger partial charge on any atom is -0.478 e. The van der Waals surface area contributed by atoms with Crippen molar-refractivity contribution >= 4 is 29.5 Å². The molecule has 2 aromatic carbocycles. The van der Waals surface area contributed by atoms with Gasteiger partial charge in [0.05, 0.1) is 6.61 Å². The summed E-state index contributed by atoms with van der Waals surface area (Å²) in [4.78, 5) is 39.2. The van der Waals surface area contributed by atoms with E-state index in [0.717, 1.165) is 6.07 Å². The van der Waals surface area contributed by atoms with E-state index in [0.29, 0.717) is 17.9 Å². The third-order valence-corrected chi connectivity index (χ3v) is 7.51. The molecule has 3 atom stereocenters. The molecule has 0 saturated carbocycles. The number of esters is 1. The van der Waals surface area contributed by atoms with E-state index in [4.69, 9.17) is 15.2 Å². The lowest BCUT2D eigenvalue weighted by atomic mass is 10.0. The summed E-state index contributed by atoms with van der Waals surface area (Å²) in [6.45, 7) is 5.52. The van der Waals surface area contributed by atoms with Gasteiger partial charge in [0.15, 0.2) is 23.1 Å². The molecule has 1 heterocycles. The third-order valence-electron chi connectivity index (χ3n) is 6.31. The van der Waals surface area contributed by atoms with Gasteiger partial charge in [-0.1, -0.05) is 19.9 Å². The minimum atomic E-state index is -1.32. The van der Waals surface area contributed by atoms with Crippen LogP contribution in [0.25, 0.3) is 0 Å². The molecule has 2 amide bonds. The maximum atomic E-state index is 14.8. The zero-order valence-electron chi connectivity index (χ0n) is 22.9. The second kappa shape index (κ2) is 14.5. The van der Waals surface area contributed by atoms with Gasteiger partial charge in [-0.05, 0) is 31.0 Å². The fraction of sp³-hybridized carbons (Fsp3) is 0.464. The molecule has 3 N–H and O–H groups in total. The number of hydrogen-bond acceptors (Lipinski definition) is 7. The predicted molar refractivity (Wildman–Crippen MR) is 145 cm³/mol. The number of ether oxygens (including phenoxy) is 2. The van der Waals surface area contributed by atoms with Crippen LogP contribution in [0.1, 0.15) is 38.3 Å². The highest BCUT2D eigenvalue weighted by atomic mass is 32.2. The minimum absolute atomic E-state index is 0.132. The van der Waals surface area contributed by atoms with Crippen molar-refractivity contribution in [2.75, 3.05) is 18.9 Å². The van der Waals surface area contributed by atoms with Crippen LogP contribution >= 0.6 is 11.8 Å². The predicted octanol–water partition coefficient (Wildman–Crippen LogP) is 3.69. The number of thioether (sulfide) groups is 1. The molecule has 8 nitrogen and oxygen atoms in total. The lowest BCUT2D eigenvalue weighted by molar-refractivity contribution is -0.153. The smallest absolute Gasteiger partial charge is 0.347 e. The van der Waals surface area contributed by atoms with E-state index in [1.807, 2.05) is 0 Å². The molecule has 1 fully saturated rings. The maximum absolute atomic E-state index is 14.8. The fourth-order valence-corrected chi connectivity index (χ4v) is 5.36. The first-order valence-corrected chi connectivity index (χ1v) is 14.2. The highest BCUT2D eigenvalue weighted by Gasteiger charge is 2.35. The summed E-state index contributed by atoms with van der Waals surface area (Å²) in [6, 6.07) is 4.26. The van der Waals surface area contributed by atoms with Gasteiger partial charge in [0, 0.05) is 54.9 Å². The molecule has 13 heteroatoms. The van der Waals surface area contributed by atoms with Crippen molar-refractivity contribution in [1.29, 1.82) is 0 Å². The number of hydrogen-bond donors (Lipinski definition) is 2. The summed E-state index contributed by atoms with van der Waals surface area (Å²) in [5.74, 6) is -5.29. The van der Waals surface area contributed by atoms with Crippen LogP contribution in [0.4, 0.5) is 17.6 Å². The van der Waals surface area contributed by atoms with Gasteiger partial charge in [0.2, 0.25) is 5.91 Å². The van der Waals surface area contributed by atoms with E-state index in [1.165, 1.54) is 28.8 Å². The van der Waals surface area contributed by atoms with Crippen LogP contribution in [0, 0.1) is 29.2 Å². The van der Waals surface area contributed by atoms with Gasteiger partial charge in [-0.25, -0.2) is 22.4 Å². The first kappa shape index (κ1) is 32.2. The molecule has 1 aliphatic rings. The Balaban J connectivity index is 1.56. The van der Waals surface area contributed by atoms with Crippen molar-refractivity contribution in [3.8, 4) is 5.75 Å². The van der Waals surface area contributed by atoms with Crippen molar-refractivity contribution in [1.82, 2.24) is 10.2 Å². The third kappa shape index (κ3) is 8.59. The Kier molecular flexibility index (Phi) is 11.4. The molecule has 41 heavy (non-hydrogen) atoms. The number of carbonyl (C=O) groups excluding carboxylic acids is 3. The molecule has 2 unspecified atom stereocenters. The van der Waals surface area contributed by atoms with Gasteiger partial charge in [0.1, 0.15) is 17.4 Å². The van der Waals surface area contributed by atoms with Crippen LogP contribution in [0.3, 0.4) is 0 Å². The molecule has 1 saturated heterocycles. The average molecular weight is 600 g/mol. The second-order valence-electron chi connectivity index (χ2n) is 9.84.